The van der Waals surface area contributed by atoms with Crippen LogP contribution in [0.2, 0.25) is 0 Å². The van der Waals surface area contributed by atoms with E-state index < -0.39 is 0 Å². The molecule has 0 saturated heterocycles. The summed E-state index contributed by atoms with van der Waals surface area (Å²) in [7, 11) is 0. The standard InChI is InChI=1S/C16H19N3OS/c1-10(2)13-8-11(9-15(17)18-13)16(20)19-12-6-4-5-7-14(12)21-3/h4-10H,1-3H3,(H2,17,18)(H,19,20). The lowest BCUT2D eigenvalue weighted by Gasteiger charge is -2.11. The third-order valence-electron chi connectivity index (χ3n) is 3.07. The molecule has 2 aromatic rings. The van der Waals surface area contributed by atoms with E-state index in [1.54, 1.807) is 23.9 Å². The van der Waals surface area contributed by atoms with Crippen molar-refractivity contribution in [3.63, 3.8) is 0 Å². The van der Waals surface area contributed by atoms with Crippen molar-refractivity contribution in [1.29, 1.82) is 0 Å². The number of hydrogen-bond donors (Lipinski definition) is 2. The number of anilines is 2. The number of thioether (sulfide) groups is 1. The van der Waals surface area contributed by atoms with E-state index in [-0.39, 0.29) is 11.8 Å². The molecule has 110 valence electrons. The summed E-state index contributed by atoms with van der Waals surface area (Å²) in [5.41, 5.74) is 7.94. The number of nitrogen functional groups attached to an aromatic ring is 1. The van der Waals surface area contributed by atoms with Crippen molar-refractivity contribution in [2.45, 2.75) is 24.7 Å². The van der Waals surface area contributed by atoms with Gasteiger partial charge in [-0.2, -0.15) is 0 Å². The van der Waals surface area contributed by atoms with E-state index in [1.807, 2.05) is 44.4 Å². The second-order valence-electron chi connectivity index (χ2n) is 5.01. The van der Waals surface area contributed by atoms with E-state index >= 15 is 0 Å². The van der Waals surface area contributed by atoms with Crippen molar-refractivity contribution < 1.29 is 4.79 Å². The number of benzene rings is 1. The van der Waals surface area contributed by atoms with Crippen molar-refractivity contribution in [2.24, 2.45) is 0 Å². The molecule has 1 heterocycles. The maximum atomic E-state index is 12.4. The molecule has 0 radical (unpaired) electrons. The Morgan fingerprint density at radius 1 is 1.29 bits per heavy atom. The first kappa shape index (κ1) is 15.4. The number of nitrogens with zero attached hydrogens (tertiary/aromatic N) is 1. The molecule has 5 heteroatoms. The highest BCUT2D eigenvalue weighted by Crippen LogP contribution is 2.25. The van der Waals surface area contributed by atoms with Crippen LogP contribution in [0, 0.1) is 0 Å². The Balaban J connectivity index is 2.28. The first-order chi connectivity index (χ1) is 10.0. The SMILES string of the molecule is CSc1ccccc1NC(=O)c1cc(N)nc(C(C)C)c1. The number of nitrogens with two attached hydrogens (primary N) is 1. The number of amides is 1. The van der Waals surface area contributed by atoms with Crippen molar-refractivity contribution >= 4 is 29.2 Å². The molecule has 0 unspecified atom stereocenters. The molecule has 1 amide bonds. The summed E-state index contributed by atoms with van der Waals surface area (Å²) in [4.78, 5) is 17.7. The van der Waals surface area contributed by atoms with Gasteiger partial charge >= 0.3 is 0 Å². The predicted molar refractivity (Wildman–Crippen MR) is 88.9 cm³/mol. The Morgan fingerprint density at radius 2 is 2.00 bits per heavy atom. The topological polar surface area (TPSA) is 68.0 Å². The number of rotatable bonds is 4. The van der Waals surface area contributed by atoms with Crippen LogP contribution in [0.1, 0.15) is 35.8 Å². The van der Waals surface area contributed by atoms with Crippen LogP contribution >= 0.6 is 11.8 Å². The Labute approximate surface area is 129 Å². The number of aromatic nitrogens is 1. The molecule has 0 fully saturated rings. The molecule has 0 aliphatic heterocycles. The Bertz CT molecular complexity index is 656. The number of para-hydroxylation sites is 1. The van der Waals surface area contributed by atoms with Gasteiger partial charge in [0.25, 0.3) is 5.91 Å². The monoisotopic (exact) mass is 301 g/mol. The van der Waals surface area contributed by atoms with Crippen LogP contribution in [0.25, 0.3) is 0 Å². The summed E-state index contributed by atoms with van der Waals surface area (Å²) < 4.78 is 0. The van der Waals surface area contributed by atoms with Gasteiger partial charge in [-0.25, -0.2) is 4.98 Å². The van der Waals surface area contributed by atoms with Crippen LogP contribution in [0.4, 0.5) is 11.5 Å². The third-order valence-corrected chi connectivity index (χ3v) is 3.87. The van der Waals surface area contributed by atoms with Gasteiger partial charge in [-0.05, 0) is 36.4 Å². The van der Waals surface area contributed by atoms with Crippen LogP contribution in [-0.4, -0.2) is 17.1 Å². The minimum absolute atomic E-state index is 0.174. The van der Waals surface area contributed by atoms with E-state index in [0.29, 0.717) is 11.4 Å². The Morgan fingerprint density at radius 3 is 2.67 bits per heavy atom. The number of nitrogens with one attached hydrogen (secondary N) is 1. The van der Waals surface area contributed by atoms with E-state index in [1.165, 1.54) is 0 Å². The Hall–Kier alpha value is -2.01. The van der Waals surface area contributed by atoms with Crippen LogP contribution in [0.15, 0.2) is 41.3 Å². The summed E-state index contributed by atoms with van der Waals surface area (Å²) in [6, 6.07) is 11.1. The van der Waals surface area contributed by atoms with Gasteiger partial charge < -0.3 is 11.1 Å². The summed E-state index contributed by atoms with van der Waals surface area (Å²) in [6.07, 6.45) is 1.98. The minimum Gasteiger partial charge on any atom is -0.384 e. The van der Waals surface area contributed by atoms with Gasteiger partial charge in [0.1, 0.15) is 5.82 Å². The average molecular weight is 301 g/mol. The zero-order valence-corrected chi connectivity index (χ0v) is 13.2. The molecule has 4 nitrogen and oxygen atoms in total. The third kappa shape index (κ3) is 3.76. The maximum Gasteiger partial charge on any atom is 0.255 e. The van der Waals surface area contributed by atoms with Gasteiger partial charge in [0.2, 0.25) is 0 Å². The minimum atomic E-state index is -0.174. The van der Waals surface area contributed by atoms with Gasteiger partial charge in [0, 0.05) is 16.2 Å². The zero-order valence-electron chi connectivity index (χ0n) is 12.4. The zero-order chi connectivity index (χ0) is 15.4. The predicted octanol–water partition coefficient (Wildman–Crippen LogP) is 3.76. The highest BCUT2D eigenvalue weighted by Gasteiger charge is 2.12. The van der Waals surface area contributed by atoms with E-state index in [0.717, 1.165) is 16.3 Å². The number of pyridine rings is 1. The van der Waals surface area contributed by atoms with E-state index in [9.17, 15) is 4.79 Å². The molecule has 1 aromatic carbocycles. The molecule has 0 atom stereocenters. The van der Waals surface area contributed by atoms with Crippen molar-refractivity contribution in [3.8, 4) is 0 Å². The van der Waals surface area contributed by atoms with E-state index in [2.05, 4.69) is 10.3 Å². The van der Waals surface area contributed by atoms with Crippen molar-refractivity contribution in [3.05, 3.63) is 47.7 Å². The second kappa shape index (κ2) is 6.63. The van der Waals surface area contributed by atoms with Gasteiger partial charge in [-0.15, -0.1) is 11.8 Å². The van der Waals surface area contributed by atoms with Crippen LogP contribution < -0.4 is 11.1 Å². The first-order valence-electron chi connectivity index (χ1n) is 6.73. The van der Waals surface area contributed by atoms with Crippen LogP contribution in [0.5, 0.6) is 0 Å². The number of hydrogen-bond acceptors (Lipinski definition) is 4. The Kier molecular flexibility index (Phi) is 4.85. The maximum absolute atomic E-state index is 12.4. The highest BCUT2D eigenvalue weighted by molar-refractivity contribution is 7.98. The summed E-state index contributed by atoms with van der Waals surface area (Å²) in [6.45, 7) is 4.04. The molecule has 21 heavy (non-hydrogen) atoms. The van der Waals surface area contributed by atoms with Gasteiger partial charge in [-0.1, -0.05) is 26.0 Å². The molecule has 1 aromatic heterocycles. The second-order valence-corrected chi connectivity index (χ2v) is 5.86. The van der Waals surface area contributed by atoms with Gasteiger partial charge in [0.15, 0.2) is 0 Å². The molecule has 0 bridgehead atoms. The fourth-order valence-electron chi connectivity index (χ4n) is 1.94. The number of carbonyl (C=O) groups excluding carboxylic acids is 1. The van der Waals surface area contributed by atoms with E-state index in [4.69, 9.17) is 5.73 Å². The summed E-state index contributed by atoms with van der Waals surface area (Å²) >= 11 is 1.59. The highest BCUT2D eigenvalue weighted by atomic mass is 32.2. The van der Waals surface area contributed by atoms with Crippen molar-refractivity contribution in [2.75, 3.05) is 17.3 Å². The van der Waals surface area contributed by atoms with Gasteiger partial charge in [0.05, 0.1) is 5.69 Å². The van der Waals surface area contributed by atoms with Crippen LogP contribution in [0.3, 0.4) is 0 Å². The molecule has 0 saturated carbocycles. The molecule has 3 N–H and O–H groups in total. The quantitative estimate of drug-likeness (QED) is 0.844. The lowest BCUT2D eigenvalue weighted by Crippen LogP contribution is -2.14. The molecule has 0 aliphatic rings. The van der Waals surface area contributed by atoms with Gasteiger partial charge in [-0.3, -0.25) is 4.79 Å². The molecular formula is C16H19N3OS. The molecule has 2 rings (SSSR count). The van der Waals surface area contributed by atoms with Crippen LogP contribution in [-0.2, 0) is 0 Å². The largest absolute Gasteiger partial charge is 0.384 e. The summed E-state index contributed by atoms with van der Waals surface area (Å²) in [5.74, 6) is 0.413. The fourth-order valence-corrected chi connectivity index (χ4v) is 2.50. The lowest BCUT2D eigenvalue weighted by molar-refractivity contribution is 0.102. The normalized spacial score (nSPS) is 10.7. The molecule has 0 spiro atoms. The fraction of sp³-hybridized carbons (Fsp3) is 0.250. The van der Waals surface area contributed by atoms with Crippen molar-refractivity contribution in [1.82, 2.24) is 4.98 Å². The molecular weight excluding hydrogens is 282 g/mol. The smallest absolute Gasteiger partial charge is 0.255 e. The molecule has 0 aliphatic carbocycles. The lowest BCUT2D eigenvalue weighted by atomic mass is 10.1. The number of carbonyl (C=O) groups is 1. The summed E-state index contributed by atoms with van der Waals surface area (Å²) in [5, 5.41) is 2.93. The first-order valence-corrected chi connectivity index (χ1v) is 7.95. The average Bonchev–Trinajstić information content (AvgIpc) is 2.47.